The fourth-order valence-electron chi connectivity index (χ4n) is 5.66. The van der Waals surface area contributed by atoms with Gasteiger partial charge in [-0.15, -0.1) is 0 Å². The number of carbonyl (C=O) groups excluding carboxylic acids is 3. The minimum absolute atomic E-state index is 0.0763. The number of nitrogens with zero attached hydrogens (tertiary/aromatic N) is 3. The number of hydrogen-bond donors (Lipinski definition) is 1. The third-order valence-corrected chi connectivity index (χ3v) is 7.66. The maximum absolute atomic E-state index is 13.8. The molecule has 3 amide bonds. The van der Waals surface area contributed by atoms with Gasteiger partial charge >= 0.3 is 0 Å². The number of fused-ring (bicyclic) bond motifs is 1. The molecule has 0 radical (unpaired) electrons. The second-order valence-corrected chi connectivity index (χ2v) is 10.6. The Morgan fingerprint density at radius 2 is 1.82 bits per heavy atom. The van der Waals surface area contributed by atoms with Gasteiger partial charge in [-0.2, -0.15) is 0 Å². The lowest BCUT2D eigenvalue weighted by Gasteiger charge is -2.35. The maximum atomic E-state index is 13.8. The van der Waals surface area contributed by atoms with E-state index in [4.69, 9.17) is 0 Å². The molecule has 1 unspecified atom stereocenters. The molecule has 7 nitrogen and oxygen atoms in total. The van der Waals surface area contributed by atoms with E-state index in [2.05, 4.69) is 10.3 Å². The van der Waals surface area contributed by atoms with Gasteiger partial charge in [-0.3, -0.25) is 19.4 Å². The van der Waals surface area contributed by atoms with Crippen LogP contribution in [0.4, 0.5) is 0 Å². The topological polar surface area (TPSA) is 82.6 Å². The molecule has 196 valence electrons. The van der Waals surface area contributed by atoms with Gasteiger partial charge < -0.3 is 15.1 Å². The molecule has 1 saturated heterocycles. The number of carbonyl (C=O) groups is 3. The first-order chi connectivity index (χ1) is 18.3. The predicted octanol–water partition coefficient (Wildman–Crippen LogP) is 4.34. The van der Waals surface area contributed by atoms with E-state index in [9.17, 15) is 14.4 Å². The molecule has 2 aliphatic rings. The highest BCUT2D eigenvalue weighted by atomic mass is 16.2. The van der Waals surface area contributed by atoms with Crippen molar-refractivity contribution < 1.29 is 14.4 Å². The molecule has 3 aromatic rings. The quantitative estimate of drug-likeness (QED) is 0.513. The third-order valence-electron chi connectivity index (χ3n) is 7.66. The van der Waals surface area contributed by atoms with Gasteiger partial charge in [0.15, 0.2) is 0 Å². The van der Waals surface area contributed by atoms with Gasteiger partial charge in [-0.25, -0.2) is 0 Å². The van der Waals surface area contributed by atoms with Crippen molar-refractivity contribution in [2.24, 2.45) is 5.92 Å². The van der Waals surface area contributed by atoms with Crippen molar-refractivity contribution >= 4 is 17.7 Å². The van der Waals surface area contributed by atoms with Crippen LogP contribution in [0.2, 0.25) is 0 Å². The average molecular weight is 511 g/mol. The number of nitrogens with one attached hydrogen (secondary N) is 1. The van der Waals surface area contributed by atoms with Gasteiger partial charge in [0.1, 0.15) is 12.1 Å². The first kappa shape index (κ1) is 25.6. The fraction of sp³-hybridized carbons (Fsp3) is 0.355. The smallest absolute Gasteiger partial charge is 0.255 e. The largest absolute Gasteiger partial charge is 0.350 e. The zero-order chi connectivity index (χ0) is 26.8. The molecule has 38 heavy (non-hydrogen) atoms. The second-order valence-electron chi connectivity index (χ2n) is 10.6. The Morgan fingerprint density at radius 1 is 1.05 bits per heavy atom. The molecule has 1 N–H and O–H groups in total. The lowest BCUT2D eigenvalue weighted by Crippen LogP contribution is -2.55. The molecule has 2 aliphatic heterocycles. The summed E-state index contributed by atoms with van der Waals surface area (Å²) < 4.78 is 0. The van der Waals surface area contributed by atoms with Gasteiger partial charge in [0, 0.05) is 37.6 Å². The van der Waals surface area contributed by atoms with E-state index in [-0.39, 0.29) is 23.6 Å². The van der Waals surface area contributed by atoms with Gasteiger partial charge in [0.2, 0.25) is 11.8 Å². The molecule has 0 aliphatic carbocycles. The summed E-state index contributed by atoms with van der Waals surface area (Å²) in [7, 11) is 0. The molecule has 0 bridgehead atoms. The molecule has 2 atom stereocenters. The molecule has 3 heterocycles. The Kier molecular flexibility index (Phi) is 7.27. The molecular weight excluding hydrogens is 476 g/mol. The van der Waals surface area contributed by atoms with Crippen molar-refractivity contribution in [1.29, 1.82) is 0 Å². The van der Waals surface area contributed by atoms with Gasteiger partial charge in [-0.1, -0.05) is 56.3 Å². The van der Waals surface area contributed by atoms with Gasteiger partial charge in [0.25, 0.3) is 5.91 Å². The molecule has 0 saturated carbocycles. The highest BCUT2D eigenvalue weighted by Crippen LogP contribution is 2.30. The van der Waals surface area contributed by atoms with Gasteiger partial charge in [-0.05, 0) is 65.6 Å². The van der Waals surface area contributed by atoms with Crippen LogP contribution in [-0.2, 0) is 22.7 Å². The predicted molar refractivity (Wildman–Crippen MR) is 146 cm³/mol. The number of aromatic nitrogens is 1. The van der Waals surface area contributed by atoms with E-state index in [1.54, 1.807) is 16.0 Å². The Hall–Kier alpha value is -4.00. The lowest BCUT2D eigenvalue weighted by molar-refractivity contribution is -0.143. The minimum Gasteiger partial charge on any atom is -0.350 e. The second kappa shape index (κ2) is 10.8. The van der Waals surface area contributed by atoms with Crippen LogP contribution >= 0.6 is 0 Å². The van der Waals surface area contributed by atoms with Crippen molar-refractivity contribution in [1.82, 2.24) is 20.1 Å². The molecule has 1 fully saturated rings. The van der Waals surface area contributed by atoms with Crippen LogP contribution in [0.15, 0.2) is 67.0 Å². The summed E-state index contributed by atoms with van der Waals surface area (Å²) in [5.74, 6) is -0.481. The monoisotopic (exact) mass is 510 g/mol. The summed E-state index contributed by atoms with van der Waals surface area (Å²) in [5.41, 5.74) is 5.94. The fourth-order valence-corrected chi connectivity index (χ4v) is 5.66. The Balaban J connectivity index is 1.24. The Morgan fingerprint density at radius 3 is 2.53 bits per heavy atom. The molecular formula is C31H34N4O3. The average Bonchev–Trinajstić information content (AvgIpc) is 3.53. The Bertz CT molecular complexity index is 1350. The summed E-state index contributed by atoms with van der Waals surface area (Å²) in [6.45, 7) is 7.29. The number of benzene rings is 2. The summed E-state index contributed by atoms with van der Waals surface area (Å²) in [6, 6.07) is 16.5. The van der Waals surface area contributed by atoms with Crippen molar-refractivity contribution in [2.75, 3.05) is 6.54 Å². The number of hydrogen-bond acceptors (Lipinski definition) is 4. The number of pyridine rings is 1. The van der Waals surface area contributed by atoms with E-state index >= 15 is 0 Å². The van der Waals surface area contributed by atoms with E-state index in [0.717, 1.165) is 34.2 Å². The SMILES string of the molecule is Cc1cnccc1-c1ccc(CNC(=O)[C@@H]2CCCN2C(=O)C(C(C)C)N2Cc3ccccc3C2=O)cc1. The normalized spacial score (nSPS) is 17.6. The van der Waals surface area contributed by atoms with Gasteiger partial charge in [0.05, 0.1) is 0 Å². The van der Waals surface area contributed by atoms with E-state index in [0.29, 0.717) is 31.6 Å². The van der Waals surface area contributed by atoms with Crippen LogP contribution in [0.3, 0.4) is 0 Å². The minimum atomic E-state index is -0.604. The van der Waals surface area contributed by atoms with E-state index in [1.165, 1.54) is 0 Å². The molecule has 0 spiro atoms. The van der Waals surface area contributed by atoms with Crippen LogP contribution in [0, 0.1) is 12.8 Å². The van der Waals surface area contributed by atoms with Crippen LogP contribution in [-0.4, -0.2) is 51.1 Å². The first-order valence-corrected chi connectivity index (χ1v) is 13.3. The first-order valence-electron chi connectivity index (χ1n) is 13.3. The number of amides is 3. The summed E-state index contributed by atoms with van der Waals surface area (Å²) in [4.78, 5) is 47.7. The van der Waals surface area contributed by atoms with E-state index in [1.807, 2.05) is 81.6 Å². The van der Waals surface area contributed by atoms with Crippen LogP contribution in [0.5, 0.6) is 0 Å². The molecule has 7 heteroatoms. The molecule has 5 rings (SSSR count). The summed E-state index contributed by atoms with van der Waals surface area (Å²) >= 11 is 0. The van der Waals surface area contributed by atoms with Crippen molar-refractivity contribution in [3.63, 3.8) is 0 Å². The maximum Gasteiger partial charge on any atom is 0.255 e. The Labute approximate surface area is 223 Å². The molecule has 2 aromatic carbocycles. The van der Waals surface area contributed by atoms with Crippen molar-refractivity contribution in [2.45, 2.75) is 58.8 Å². The highest BCUT2D eigenvalue weighted by molar-refractivity contribution is 6.01. The van der Waals surface area contributed by atoms with E-state index < -0.39 is 12.1 Å². The zero-order valence-electron chi connectivity index (χ0n) is 22.2. The number of likely N-dealkylation sites (tertiary alicyclic amines) is 1. The number of aryl methyl sites for hydroxylation is 1. The third kappa shape index (κ3) is 4.93. The lowest BCUT2D eigenvalue weighted by atomic mass is 10.00. The summed E-state index contributed by atoms with van der Waals surface area (Å²) in [6.07, 6.45) is 5.02. The summed E-state index contributed by atoms with van der Waals surface area (Å²) in [5, 5.41) is 3.03. The number of rotatable bonds is 7. The van der Waals surface area contributed by atoms with Crippen LogP contribution < -0.4 is 5.32 Å². The standard InChI is InChI=1S/C31H34N4O3/c1-20(2)28(35-19-24-7-4-5-8-26(24)30(35)37)31(38)34-16-6-9-27(34)29(36)33-18-22-10-12-23(13-11-22)25-14-15-32-17-21(25)3/h4-5,7-8,10-15,17,20,27-28H,6,9,16,18-19H2,1-3H3,(H,33,36)/t27-,28?/m0/s1. The van der Waals surface area contributed by atoms with Crippen molar-refractivity contribution in [3.8, 4) is 11.1 Å². The zero-order valence-corrected chi connectivity index (χ0v) is 22.2. The molecule has 1 aromatic heterocycles. The van der Waals surface area contributed by atoms with Crippen LogP contribution in [0.25, 0.3) is 11.1 Å². The van der Waals surface area contributed by atoms with Crippen molar-refractivity contribution in [3.05, 3.63) is 89.2 Å². The highest BCUT2D eigenvalue weighted by Gasteiger charge is 2.43. The van der Waals surface area contributed by atoms with Crippen LogP contribution in [0.1, 0.15) is 53.7 Å².